The van der Waals surface area contributed by atoms with Crippen molar-refractivity contribution in [2.75, 3.05) is 7.11 Å². The highest BCUT2D eigenvalue weighted by molar-refractivity contribution is 5.96. The first-order valence-corrected chi connectivity index (χ1v) is 5.50. The van der Waals surface area contributed by atoms with Crippen LogP contribution in [0.2, 0.25) is 0 Å². The second-order valence-electron chi connectivity index (χ2n) is 3.96. The van der Waals surface area contributed by atoms with E-state index in [1.165, 1.54) is 25.3 Å². The van der Waals surface area contributed by atoms with Crippen molar-refractivity contribution >= 4 is 5.97 Å². The topological polar surface area (TPSA) is 46.5 Å². The molecule has 0 aliphatic carbocycles. The summed E-state index contributed by atoms with van der Waals surface area (Å²) in [5.74, 6) is -4.70. The highest BCUT2D eigenvalue weighted by atomic mass is 19.2. The standard InChI is InChI=1S/C14H9F3O3/c1-20-7-2-3-8(14(18)19)9(4-7)10-5-12(16)13(17)6-11(10)15/h2-6H,1H3,(H,18,19). The molecule has 2 rings (SSSR count). The SMILES string of the molecule is COc1ccc(C(=O)O)c(-c2cc(F)c(F)cc2F)c1. The molecule has 0 unspecified atom stereocenters. The van der Waals surface area contributed by atoms with Crippen molar-refractivity contribution in [2.45, 2.75) is 0 Å². The average molecular weight is 282 g/mol. The quantitative estimate of drug-likeness (QED) is 0.877. The Morgan fingerprint density at radius 2 is 1.65 bits per heavy atom. The van der Waals surface area contributed by atoms with Crippen molar-refractivity contribution < 1.29 is 27.8 Å². The number of benzene rings is 2. The lowest BCUT2D eigenvalue weighted by Crippen LogP contribution is -2.02. The van der Waals surface area contributed by atoms with Crippen LogP contribution in [0.3, 0.4) is 0 Å². The second-order valence-corrected chi connectivity index (χ2v) is 3.96. The number of halogens is 3. The fourth-order valence-corrected chi connectivity index (χ4v) is 1.79. The summed E-state index contributed by atoms with van der Waals surface area (Å²) in [7, 11) is 1.35. The van der Waals surface area contributed by atoms with Crippen LogP contribution >= 0.6 is 0 Å². The molecule has 0 aromatic heterocycles. The van der Waals surface area contributed by atoms with Crippen molar-refractivity contribution in [2.24, 2.45) is 0 Å². The largest absolute Gasteiger partial charge is 0.497 e. The monoisotopic (exact) mass is 282 g/mol. The number of carboxylic acid groups (broad SMARTS) is 1. The van der Waals surface area contributed by atoms with Crippen LogP contribution in [-0.2, 0) is 0 Å². The second kappa shape index (κ2) is 5.24. The normalized spacial score (nSPS) is 10.4. The molecular formula is C14H9F3O3. The van der Waals surface area contributed by atoms with Gasteiger partial charge >= 0.3 is 5.97 Å². The lowest BCUT2D eigenvalue weighted by atomic mass is 9.98. The Hall–Kier alpha value is -2.50. The van der Waals surface area contributed by atoms with Crippen LogP contribution in [0.25, 0.3) is 11.1 Å². The molecule has 0 saturated carbocycles. The minimum Gasteiger partial charge on any atom is -0.497 e. The van der Waals surface area contributed by atoms with E-state index in [2.05, 4.69) is 0 Å². The predicted molar refractivity (Wildman–Crippen MR) is 65.3 cm³/mol. The van der Waals surface area contributed by atoms with Crippen molar-refractivity contribution in [3.63, 3.8) is 0 Å². The van der Waals surface area contributed by atoms with Crippen LogP contribution in [0.1, 0.15) is 10.4 Å². The minimum absolute atomic E-state index is 0.0896. The summed E-state index contributed by atoms with van der Waals surface area (Å²) in [5, 5.41) is 9.07. The molecule has 3 nitrogen and oxygen atoms in total. The summed E-state index contributed by atoms with van der Waals surface area (Å²) in [6, 6.07) is 4.82. The number of carbonyl (C=O) groups is 1. The molecule has 2 aromatic rings. The van der Waals surface area contributed by atoms with E-state index in [9.17, 15) is 18.0 Å². The number of ether oxygens (including phenoxy) is 1. The van der Waals surface area contributed by atoms with E-state index in [-0.39, 0.29) is 22.4 Å². The van der Waals surface area contributed by atoms with Gasteiger partial charge in [0.05, 0.1) is 12.7 Å². The highest BCUT2D eigenvalue weighted by Gasteiger charge is 2.18. The van der Waals surface area contributed by atoms with E-state index in [1.807, 2.05) is 0 Å². The first kappa shape index (κ1) is 13.9. The van der Waals surface area contributed by atoms with Gasteiger partial charge in [-0.25, -0.2) is 18.0 Å². The maximum atomic E-state index is 13.8. The Balaban J connectivity index is 2.73. The number of aromatic carboxylic acids is 1. The smallest absolute Gasteiger partial charge is 0.336 e. The summed E-state index contributed by atoms with van der Waals surface area (Å²) < 4.78 is 44.8. The van der Waals surface area contributed by atoms with Crippen LogP contribution in [-0.4, -0.2) is 18.2 Å². The maximum absolute atomic E-state index is 13.8. The third-order valence-electron chi connectivity index (χ3n) is 2.76. The molecule has 0 fully saturated rings. The Kier molecular flexibility index (Phi) is 3.65. The van der Waals surface area contributed by atoms with Crippen molar-refractivity contribution in [1.29, 1.82) is 0 Å². The summed E-state index contributed by atoms with van der Waals surface area (Å²) in [6.45, 7) is 0. The minimum atomic E-state index is -1.34. The average Bonchev–Trinajstić information content (AvgIpc) is 2.42. The number of hydrogen-bond donors (Lipinski definition) is 1. The summed E-state index contributed by atoms with van der Waals surface area (Å²) >= 11 is 0. The van der Waals surface area contributed by atoms with Crippen molar-refractivity contribution in [3.8, 4) is 16.9 Å². The lowest BCUT2D eigenvalue weighted by Gasteiger charge is -2.10. The van der Waals surface area contributed by atoms with Gasteiger partial charge in [-0.3, -0.25) is 0 Å². The van der Waals surface area contributed by atoms with Crippen LogP contribution in [0.15, 0.2) is 30.3 Å². The molecule has 0 saturated heterocycles. The molecule has 1 N–H and O–H groups in total. The Labute approximate surface area is 112 Å². The van der Waals surface area contributed by atoms with E-state index in [4.69, 9.17) is 9.84 Å². The Bertz CT molecular complexity index is 684. The molecular weight excluding hydrogens is 273 g/mol. The summed E-state index contributed by atoms with van der Waals surface area (Å²) in [4.78, 5) is 11.1. The van der Waals surface area contributed by atoms with Crippen LogP contribution in [0, 0.1) is 17.5 Å². The van der Waals surface area contributed by atoms with Gasteiger partial charge < -0.3 is 9.84 Å². The summed E-state index contributed by atoms with van der Waals surface area (Å²) in [6.07, 6.45) is 0. The first-order chi connectivity index (χ1) is 9.43. The van der Waals surface area contributed by atoms with Gasteiger partial charge in [0.2, 0.25) is 0 Å². The maximum Gasteiger partial charge on any atom is 0.336 e. The van der Waals surface area contributed by atoms with Gasteiger partial charge in [-0.15, -0.1) is 0 Å². The number of hydrogen-bond acceptors (Lipinski definition) is 2. The molecule has 104 valence electrons. The van der Waals surface area contributed by atoms with Gasteiger partial charge in [0, 0.05) is 17.2 Å². The molecule has 0 bridgehead atoms. The zero-order valence-electron chi connectivity index (χ0n) is 10.3. The zero-order valence-corrected chi connectivity index (χ0v) is 10.3. The van der Waals surface area contributed by atoms with Gasteiger partial charge in [0.15, 0.2) is 11.6 Å². The van der Waals surface area contributed by atoms with Crippen LogP contribution < -0.4 is 4.74 Å². The fourth-order valence-electron chi connectivity index (χ4n) is 1.79. The molecule has 0 atom stereocenters. The number of carboxylic acids is 1. The molecule has 20 heavy (non-hydrogen) atoms. The molecule has 0 spiro atoms. The number of methoxy groups -OCH3 is 1. The van der Waals surface area contributed by atoms with E-state index in [1.54, 1.807) is 0 Å². The molecule has 0 heterocycles. The van der Waals surface area contributed by atoms with E-state index < -0.39 is 23.4 Å². The van der Waals surface area contributed by atoms with Crippen molar-refractivity contribution in [3.05, 3.63) is 53.3 Å². The van der Waals surface area contributed by atoms with Gasteiger partial charge in [0.1, 0.15) is 11.6 Å². The van der Waals surface area contributed by atoms with Crippen LogP contribution in [0.5, 0.6) is 5.75 Å². The van der Waals surface area contributed by atoms with Gasteiger partial charge in [-0.05, 0) is 24.3 Å². The molecule has 6 heteroatoms. The summed E-state index contributed by atoms with van der Waals surface area (Å²) in [5.41, 5.74) is -0.677. The Morgan fingerprint density at radius 3 is 2.25 bits per heavy atom. The van der Waals surface area contributed by atoms with Gasteiger partial charge in [-0.1, -0.05) is 0 Å². The highest BCUT2D eigenvalue weighted by Crippen LogP contribution is 2.31. The molecule has 0 amide bonds. The number of rotatable bonds is 3. The van der Waals surface area contributed by atoms with Gasteiger partial charge in [-0.2, -0.15) is 0 Å². The fraction of sp³-hybridized carbons (Fsp3) is 0.0714. The predicted octanol–water partition coefficient (Wildman–Crippen LogP) is 3.48. The molecule has 0 aliphatic heterocycles. The third-order valence-corrected chi connectivity index (χ3v) is 2.76. The van der Waals surface area contributed by atoms with E-state index >= 15 is 0 Å². The van der Waals surface area contributed by atoms with Gasteiger partial charge in [0.25, 0.3) is 0 Å². The zero-order chi connectivity index (χ0) is 14.9. The molecule has 0 aliphatic rings. The lowest BCUT2D eigenvalue weighted by molar-refractivity contribution is 0.0697. The third kappa shape index (κ3) is 2.45. The molecule has 0 radical (unpaired) electrons. The Morgan fingerprint density at radius 1 is 1.00 bits per heavy atom. The first-order valence-electron chi connectivity index (χ1n) is 5.50. The van der Waals surface area contributed by atoms with E-state index in [0.29, 0.717) is 12.1 Å². The molecule has 2 aromatic carbocycles. The van der Waals surface area contributed by atoms with Crippen LogP contribution in [0.4, 0.5) is 13.2 Å². The van der Waals surface area contributed by atoms with E-state index in [0.717, 1.165) is 0 Å². The van der Waals surface area contributed by atoms with Crippen molar-refractivity contribution in [1.82, 2.24) is 0 Å².